The number of aliphatic hydroxyl groups excluding tert-OH is 1. The van der Waals surface area contributed by atoms with Crippen LogP contribution >= 0.6 is 0 Å². The summed E-state index contributed by atoms with van der Waals surface area (Å²) < 4.78 is 0. The zero-order chi connectivity index (χ0) is 14.5. The normalized spacial score (nSPS) is 23.7. The molecule has 5 nitrogen and oxygen atoms in total. The lowest BCUT2D eigenvalue weighted by atomic mass is 10.0. The highest BCUT2D eigenvalue weighted by molar-refractivity contribution is 5.80. The minimum Gasteiger partial charge on any atom is -0.409 e. The van der Waals surface area contributed by atoms with Crippen molar-refractivity contribution in [1.29, 1.82) is 0 Å². The molecule has 5 heteroatoms. The Balaban J connectivity index is 2.15. The molecule has 1 fully saturated rings. The number of amidine groups is 1. The third-order valence-corrected chi connectivity index (χ3v) is 4.09. The molecule has 0 spiro atoms. The molecule has 0 aromatic heterocycles. The first-order chi connectivity index (χ1) is 9.61. The zero-order valence-electron chi connectivity index (χ0n) is 11.8. The van der Waals surface area contributed by atoms with Crippen molar-refractivity contribution in [2.75, 3.05) is 13.1 Å². The number of oxime groups is 1. The molecule has 2 rings (SSSR count). The largest absolute Gasteiger partial charge is 0.409 e. The highest BCUT2D eigenvalue weighted by atomic mass is 16.4. The van der Waals surface area contributed by atoms with Gasteiger partial charge in [-0.1, -0.05) is 35.5 Å². The molecule has 1 saturated heterocycles. The fourth-order valence-corrected chi connectivity index (χ4v) is 2.86. The summed E-state index contributed by atoms with van der Waals surface area (Å²) in [7, 11) is 0. The standard InChI is InChI=1S/C15H23N3O2/c1-11(19)13-7-8-18(10-13)14(9-15(16)17-20)12-5-3-2-4-6-12/h2-6,11,13-14,19-20H,7-10H2,1H3,(H2,16,17). The lowest BCUT2D eigenvalue weighted by molar-refractivity contribution is 0.122. The van der Waals surface area contributed by atoms with Gasteiger partial charge in [0.1, 0.15) is 5.84 Å². The van der Waals surface area contributed by atoms with Gasteiger partial charge in [0.25, 0.3) is 0 Å². The molecule has 1 aliphatic rings. The number of likely N-dealkylation sites (tertiary alicyclic amines) is 1. The molecule has 110 valence electrons. The van der Waals surface area contributed by atoms with Crippen molar-refractivity contribution < 1.29 is 10.3 Å². The predicted molar refractivity (Wildman–Crippen MR) is 78.6 cm³/mol. The Hall–Kier alpha value is -1.59. The highest BCUT2D eigenvalue weighted by Gasteiger charge is 2.31. The van der Waals surface area contributed by atoms with E-state index in [-0.39, 0.29) is 18.0 Å². The number of benzene rings is 1. The first-order valence-electron chi connectivity index (χ1n) is 7.05. The van der Waals surface area contributed by atoms with Crippen LogP contribution in [0.3, 0.4) is 0 Å². The molecule has 0 saturated carbocycles. The van der Waals surface area contributed by atoms with Crippen LogP contribution < -0.4 is 5.73 Å². The maximum atomic E-state index is 9.74. The monoisotopic (exact) mass is 277 g/mol. The van der Waals surface area contributed by atoms with E-state index in [2.05, 4.69) is 22.2 Å². The fourth-order valence-electron chi connectivity index (χ4n) is 2.86. The molecule has 1 aliphatic heterocycles. The van der Waals surface area contributed by atoms with Crippen LogP contribution in [-0.2, 0) is 0 Å². The molecule has 0 bridgehead atoms. The Morgan fingerprint density at radius 1 is 1.45 bits per heavy atom. The summed E-state index contributed by atoms with van der Waals surface area (Å²) in [4.78, 5) is 2.31. The second kappa shape index (κ2) is 6.72. The maximum Gasteiger partial charge on any atom is 0.141 e. The van der Waals surface area contributed by atoms with E-state index in [0.29, 0.717) is 12.3 Å². The van der Waals surface area contributed by atoms with Crippen LogP contribution in [0.2, 0.25) is 0 Å². The van der Waals surface area contributed by atoms with E-state index < -0.39 is 0 Å². The van der Waals surface area contributed by atoms with Gasteiger partial charge in [-0.2, -0.15) is 0 Å². The van der Waals surface area contributed by atoms with Gasteiger partial charge in [0.05, 0.1) is 6.10 Å². The predicted octanol–water partition coefficient (Wildman–Crippen LogP) is 1.57. The van der Waals surface area contributed by atoms with E-state index in [0.717, 1.165) is 25.1 Å². The molecule has 0 aliphatic carbocycles. The smallest absolute Gasteiger partial charge is 0.141 e. The number of hydrogen-bond donors (Lipinski definition) is 3. The van der Waals surface area contributed by atoms with Crippen molar-refractivity contribution in [3.05, 3.63) is 35.9 Å². The average molecular weight is 277 g/mol. The molecule has 1 heterocycles. The van der Waals surface area contributed by atoms with E-state index in [1.54, 1.807) is 0 Å². The Bertz CT molecular complexity index is 448. The Labute approximate surface area is 119 Å². The highest BCUT2D eigenvalue weighted by Crippen LogP contribution is 2.31. The third-order valence-electron chi connectivity index (χ3n) is 4.09. The summed E-state index contributed by atoms with van der Waals surface area (Å²) in [5.41, 5.74) is 6.85. The first-order valence-corrected chi connectivity index (χ1v) is 7.05. The molecular weight excluding hydrogens is 254 g/mol. The fraction of sp³-hybridized carbons (Fsp3) is 0.533. The Kier molecular flexibility index (Phi) is 4.98. The van der Waals surface area contributed by atoms with Crippen molar-refractivity contribution in [3.8, 4) is 0 Å². The molecular formula is C15H23N3O2. The number of aliphatic hydroxyl groups is 1. The van der Waals surface area contributed by atoms with Crippen LogP contribution in [0.25, 0.3) is 0 Å². The topological polar surface area (TPSA) is 82.1 Å². The van der Waals surface area contributed by atoms with Gasteiger partial charge < -0.3 is 16.0 Å². The van der Waals surface area contributed by atoms with Crippen molar-refractivity contribution in [2.24, 2.45) is 16.8 Å². The lowest BCUT2D eigenvalue weighted by Gasteiger charge is -2.28. The van der Waals surface area contributed by atoms with E-state index in [1.807, 2.05) is 25.1 Å². The Morgan fingerprint density at radius 2 is 2.15 bits per heavy atom. The van der Waals surface area contributed by atoms with Crippen LogP contribution in [0.15, 0.2) is 35.5 Å². The molecule has 0 amide bonds. The molecule has 1 aromatic rings. The SMILES string of the molecule is CC(O)C1CCN(C(C/C(N)=N/O)c2ccccc2)C1. The summed E-state index contributed by atoms with van der Waals surface area (Å²) in [5, 5.41) is 21.7. The maximum absolute atomic E-state index is 9.74. The average Bonchev–Trinajstić information content (AvgIpc) is 2.95. The first kappa shape index (κ1) is 14.8. The quantitative estimate of drug-likeness (QED) is 0.330. The van der Waals surface area contributed by atoms with Gasteiger partial charge in [0.15, 0.2) is 0 Å². The summed E-state index contributed by atoms with van der Waals surface area (Å²) in [6.45, 7) is 3.61. The second-order valence-electron chi connectivity index (χ2n) is 5.51. The van der Waals surface area contributed by atoms with Crippen molar-refractivity contribution >= 4 is 5.84 Å². The van der Waals surface area contributed by atoms with Crippen molar-refractivity contribution in [2.45, 2.75) is 31.9 Å². The number of rotatable bonds is 5. The van der Waals surface area contributed by atoms with Crippen LogP contribution in [0.1, 0.15) is 31.4 Å². The van der Waals surface area contributed by atoms with E-state index in [4.69, 9.17) is 10.9 Å². The van der Waals surface area contributed by atoms with Crippen LogP contribution in [0, 0.1) is 5.92 Å². The van der Waals surface area contributed by atoms with Gasteiger partial charge in [-0.15, -0.1) is 0 Å². The molecule has 3 atom stereocenters. The zero-order valence-corrected chi connectivity index (χ0v) is 11.8. The summed E-state index contributed by atoms with van der Waals surface area (Å²) >= 11 is 0. The van der Waals surface area contributed by atoms with Gasteiger partial charge in [-0.25, -0.2) is 0 Å². The van der Waals surface area contributed by atoms with Gasteiger partial charge in [0, 0.05) is 19.0 Å². The molecule has 0 radical (unpaired) electrons. The number of nitrogens with zero attached hydrogens (tertiary/aromatic N) is 2. The van der Waals surface area contributed by atoms with Crippen molar-refractivity contribution in [3.63, 3.8) is 0 Å². The molecule has 4 N–H and O–H groups in total. The van der Waals surface area contributed by atoms with Gasteiger partial charge in [0.2, 0.25) is 0 Å². The molecule has 20 heavy (non-hydrogen) atoms. The minimum absolute atomic E-state index is 0.0934. The summed E-state index contributed by atoms with van der Waals surface area (Å²) in [6, 6.07) is 10.2. The third kappa shape index (κ3) is 3.49. The van der Waals surface area contributed by atoms with Crippen LogP contribution in [0.5, 0.6) is 0 Å². The lowest BCUT2D eigenvalue weighted by Crippen LogP contribution is -2.31. The van der Waals surface area contributed by atoms with Crippen LogP contribution in [-0.4, -0.2) is 40.2 Å². The van der Waals surface area contributed by atoms with E-state index in [1.165, 1.54) is 0 Å². The van der Waals surface area contributed by atoms with Gasteiger partial charge >= 0.3 is 0 Å². The van der Waals surface area contributed by atoms with E-state index >= 15 is 0 Å². The molecule has 3 unspecified atom stereocenters. The second-order valence-corrected chi connectivity index (χ2v) is 5.51. The van der Waals surface area contributed by atoms with Crippen LogP contribution in [0.4, 0.5) is 0 Å². The number of hydrogen-bond acceptors (Lipinski definition) is 4. The Morgan fingerprint density at radius 3 is 2.70 bits per heavy atom. The van der Waals surface area contributed by atoms with E-state index in [9.17, 15) is 5.11 Å². The minimum atomic E-state index is -0.291. The van der Waals surface area contributed by atoms with Gasteiger partial charge in [-0.3, -0.25) is 4.90 Å². The summed E-state index contributed by atoms with van der Waals surface area (Å²) in [6.07, 6.45) is 1.18. The number of nitrogens with two attached hydrogens (primary N) is 1. The molecule has 1 aromatic carbocycles. The van der Waals surface area contributed by atoms with Crippen molar-refractivity contribution in [1.82, 2.24) is 4.90 Å². The summed E-state index contributed by atoms with van der Waals surface area (Å²) in [5.74, 6) is 0.535. The van der Waals surface area contributed by atoms with Gasteiger partial charge in [-0.05, 0) is 31.4 Å².